The molecule has 0 unspecified atom stereocenters. The summed E-state index contributed by atoms with van der Waals surface area (Å²) in [6.07, 6.45) is -1.47. The molecule has 1 aromatic carbocycles. The van der Waals surface area contributed by atoms with Crippen LogP contribution in [0, 0.1) is 0 Å². The van der Waals surface area contributed by atoms with Crippen LogP contribution >= 0.6 is 11.6 Å². The van der Waals surface area contributed by atoms with Gasteiger partial charge in [-0.25, -0.2) is 4.79 Å². The number of halogens is 4. The van der Waals surface area contributed by atoms with Crippen LogP contribution < -0.4 is 5.32 Å². The number of alkyl halides is 3. The number of benzene rings is 1. The Kier molecular flexibility index (Phi) is 4.65. The molecule has 2 heterocycles. The van der Waals surface area contributed by atoms with Gasteiger partial charge >= 0.3 is 12.1 Å². The number of pyridine rings is 1. The van der Waals surface area contributed by atoms with Crippen LogP contribution in [0.4, 0.5) is 18.9 Å². The second kappa shape index (κ2) is 6.33. The van der Waals surface area contributed by atoms with Gasteiger partial charge in [-0.05, 0) is 18.2 Å². The molecule has 0 fully saturated rings. The summed E-state index contributed by atoms with van der Waals surface area (Å²) in [6.45, 7) is 0. The van der Waals surface area contributed by atoms with E-state index in [4.69, 9.17) is 21.5 Å². The van der Waals surface area contributed by atoms with Crippen LogP contribution in [-0.4, -0.2) is 34.3 Å². The van der Waals surface area contributed by atoms with E-state index in [1.807, 2.05) is 31.4 Å². The first-order chi connectivity index (χ1) is 10.7. The molecule has 0 aliphatic heterocycles. The largest absolute Gasteiger partial charge is 0.490 e. The number of anilines is 1. The lowest BCUT2D eigenvalue weighted by atomic mass is 10.1. The molecule has 0 radical (unpaired) electrons. The zero-order valence-corrected chi connectivity index (χ0v) is 12.5. The van der Waals surface area contributed by atoms with Crippen LogP contribution in [0.1, 0.15) is 0 Å². The first-order valence-electron chi connectivity index (χ1n) is 6.27. The summed E-state index contributed by atoms with van der Waals surface area (Å²) in [4.78, 5) is 16.3. The molecule has 3 aromatic rings. The highest BCUT2D eigenvalue weighted by Gasteiger charge is 2.38. The maximum Gasteiger partial charge on any atom is 0.490 e. The van der Waals surface area contributed by atoms with E-state index >= 15 is 0 Å². The maximum atomic E-state index is 10.6. The highest BCUT2D eigenvalue weighted by Crippen LogP contribution is 2.32. The normalized spacial score (nSPS) is 11.2. The Hall–Kier alpha value is -2.48. The molecule has 122 valence electrons. The van der Waals surface area contributed by atoms with Crippen molar-refractivity contribution in [3.05, 3.63) is 35.6 Å². The molecule has 0 saturated heterocycles. The third kappa shape index (κ3) is 3.65. The number of carbonyl (C=O) groups is 1. The molecule has 2 aromatic heterocycles. The Balaban J connectivity index is 0.000000236. The second-order valence-electron chi connectivity index (χ2n) is 4.48. The fourth-order valence-electron chi connectivity index (χ4n) is 2.01. The molecule has 9 heteroatoms. The lowest BCUT2D eigenvalue weighted by Gasteiger charge is -2.02. The zero-order chi connectivity index (χ0) is 17.2. The van der Waals surface area contributed by atoms with Crippen molar-refractivity contribution in [2.45, 2.75) is 6.18 Å². The van der Waals surface area contributed by atoms with Crippen molar-refractivity contribution in [1.29, 1.82) is 0 Å². The topological polar surface area (TPSA) is 78.0 Å². The van der Waals surface area contributed by atoms with Crippen molar-refractivity contribution >= 4 is 45.1 Å². The number of carboxylic acid groups (broad SMARTS) is 1. The number of rotatable bonds is 1. The fraction of sp³-hybridized carbons (Fsp3) is 0.143. The van der Waals surface area contributed by atoms with Crippen molar-refractivity contribution in [3.8, 4) is 0 Å². The standard InChI is InChI=1S/C12H10ClN3.C2HF3O2/c1-14-10-5-7(13)4-9-8-2-3-15-6-11(8)16-12(9)10;3-2(4,5)1(6)7/h2-6,14,16H,1H3;(H,6,7). The number of nitrogens with zero attached hydrogens (tertiary/aromatic N) is 1. The van der Waals surface area contributed by atoms with Gasteiger partial charge in [-0.3, -0.25) is 4.98 Å². The van der Waals surface area contributed by atoms with Gasteiger partial charge in [0.2, 0.25) is 0 Å². The van der Waals surface area contributed by atoms with Gasteiger partial charge in [0.15, 0.2) is 0 Å². The number of H-pyrrole nitrogens is 1. The van der Waals surface area contributed by atoms with Crippen molar-refractivity contribution in [2.24, 2.45) is 0 Å². The van der Waals surface area contributed by atoms with Gasteiger partial charge < -0.3 is 15.4 Å². The van der Waals surface area contributed by atoms with E-state index in [0.29, 0.717) is 0 Å². The lowest BCUT2D eigenvalue weighted by Crippen LogP contribution is -2.21. The highest BCUT2D eigenvalue weighted by atomic mass is 35.5. The number of fused-ring (bicyclic) bond motifs is 3. The van der Waals surface area contributed by atoms with Crippen molar-refractivity contribution < 1.29 is 23.1 Å². The molecule has 0 aliphatic carbocycles. The molecular formula is C14H11ClF3N3O2. The van der Waals surface area contributed by atoms with Gasteiger partial charge in [0.1, 0.15) is 0 Å². The SMILES string of the molecule is CNc1cc(Cl)cc2c1[nH]c1cnccc12.O=C(O)C(F)(F)F. The minimum Gasteiger partial charge on any atom is -0.475 e. The number of carboxylic acids is 1. The summed E-state index contributed by atoms with van der Waals surface area (Å²) in [5, 5.41) is 13.3. The van der Waals surface area contributed by atoms with Crippen LogP contribution in [-0.2, 0) is 4.79 Å². The predicted octanol–water partition coefficient (Wildman–Crippen LogP) is 4.04. The molecule has 0 atom stereocenters. The van der Waals surface area contributed by atoms with Crippen molar-refractivity contribution in [2.75, 3.05) is 12.4 Å². The summed E-state index contributed by atoms with van der Waals surface area (Å²) in [5.41, 5.74) is 3.09. The molecule has 0 aliphatic rings. The fourth-order valence-corrected chi connectivity index (χ4v) is 2.23. The van der Waals surface area contributed by atoms with E-state index < -0.39 is 12.1 Å². The predicted molar refractivity (Wildman–Crippen MR) is 81.8 cm³/mol. The molecule has 3 rings (SSSR count). The van der Waals surface area contributed by atoms with Crippen LogP contribution in [0.25, 0.3) is 21.8 Å². The van der Waals surface area contributed by atoms with E-state index in [0.717, 1.165) is 32.5 Å². The third-order valence-corrected chi connectivity index (χ3v) is 3.20. The zero-order valence-electron chi connectivity index (χ0n) is 11.7. The van der Waals surface area contributed by atoms with Gasteiger partial charge in [-0.2, -0.15) is 13.2 Å². The van der Waals surface area contributed by atoms with E-state index in [1.54, 1.807) is 6.20 Å². The summed E-state index contributed by atoms with van der Waals surface area (Å²) in [6, 6.07) is 5.87. The minimum atomic E-state index is -5.08. The number of aromatic amines is 1. The van der Waals surface area contributed by atoms with Crippen molar-refractivity contribution in [3.63, 3.8) is 0 Å². The quantitative estimate of drug-likeness (QED) is 0.622. The van der Waals surface area contributed by atoms with E-state index in [-0.39, 0.29) is 0 Å². The van der Waals surface area contributed by atoms with Gasteiger partial charge in [-0.15, -0.1) is 0 Å². The number of aromatic nitrogens is 2. The van der Waals surface area contributed by atoms with E-state index in [9.17, 15) is 13.2 Å². The van der Waals surface area contributed by atoms with E-state index in [2.05, 4.69) is 15.3 Å². The summed E-state index contributed by atoms with van der Waals surface area (Å²) in [5.74, 6) is -2.76. The first kappa shape index (κ1) is 16.9. The van der Waals surface area contributed by atoms with Crippen LogP contribution in [0.2, 0.25) is 5.02 Å². The Labute approximate surface area is 133 Å². The summed E-state index contributed by atoms with van der Waals surface area (Å²) >= 11 is 6.09. The monoisotopic (exact) mass is 345 g/mol. The summed E-state index contributed by atoms with van der Waals surface area (Å²) in [7, 11) is 1.88. The second-order valence-corrected chi connectivity index (χ2v) is 4.91. The van der Waals surface area contributed by atoms with E-state index in [1.165, 1.54) is 0 Å². The molecule has 0 saturated carbocycles. The minimum absolute atomic E-state index is 0.731. The smallest absolute Gasteiger partial charge is 0.475 e. The Morgan fingerprint density at radius 2 is 2.00 bits per heavy atom. The average molecular weight is 346 g/mol. The number of aliphatic carboxylic acids is 1. The first-order valence-corrected chi connectivity index (χ1v) is 6.64. The van der Waals surface area contributed by atoms with Crippen molar-refractivity contribution in [1.82, 2.24) is 9.97 Å². The molecule has 0 amide bonds. The molecule has 0 spiro atoms. The van der Waals surface area contributed by atoms with Gasteiger partial charge in [0.05, 0.1) is 22.9 Å². The number of hydrogen-bond acceptors (Lipinski definition) is 3. The lowest BCUT2D eigenvalue weighted by molar-refractivity contribution is -0.192. The molecule has 23 heavy (non-hydrogen) atoms. The van der Waals surface area contributed by atoms with Gasteiger partial charge in [0, 0.05) is 29.0 Å². The molecule has 3 N–H and O–H groups in total. The third-order valence-electron chi connectivity index (χ3n) is 2.99. The maximum absolute atomic E-state index is 10.6. The van der Waals surface area contributed by atoms with Gasteiger partial charge in [-0.1, -0.05) is 11.6 Å². The average Bonchev–Trinajstić information content (AvgIpc) is 2.85. The Bertz CT molecular complexity index is 861. The molecular weight excluding hydrogens is 335 g/mol. The van der Waals surface area contributed by atoms with Crippen LogP contribution in [0.15, 0.2) is 30.6 Å². The van der Waals surface area contributed by atoms with Crippen LogP contribution in [0.3, 0.4) is 0 Å². The molecule has 5 nitrogen and oxygen atoms in total. The summed E-state index contributed by atoms with van der Waals surface area (Å²) < 4.78 is 31.7. The number of nitrogens with one attached hydrogen (secondary N) is 2. The highest BCUT2D eigenvalue weighted by molar-refractivity contribution is 6.32. The Morgan fingerprint density at radius 1 is 1.35 bits per heavy atom. The number of hydrogen-bond donors (Lipinski definition) is 3. The van der Waals surface area contributed by atoms with Gasteiger partial charge in [0.25, 0.3) is 0 Å². The molecule has 0 bridgehead atoms. The van der Waals surface area contributed by atoms with Crippen LogP contribution in [0.5, 0.6) is 0 Å². The Morgan fingerprint density at radius 3 is 2.57 bits per heavy atom.